The van der Waals surface area contributed by atoms with Crippen molar-refractivity contribution in [2.45, 2.75) is 18.9 Å². The molecule has 0 saturated heterocycles. The Kier molecular flexibility index (Phi) is 3.38. The molecule has 1 unspecified atom stereocenters. The molecule has 0 amide bonds. The molecule has 0 N–H and O–H groups in total. The Morgan fingerprint density at radius 2 is 2.22 bits per heavy atom. The van der Waals surface area contributed by atoms with Gasteiger partial charge in [-0.05, 0) is 24.6 Å². The third-order valence-electron chi connectivity index (χ3n) is 2.83. The fourth-order valence-corrected chi connectivity index (χ4v) is 2.88. The molecule has 1 aliphatic rings. The first-order valence-electron chi connectivity index (χ1n) is 5.17. The molecule has 4 nitrogen and oxygen atoms in total. The smallest absolute Gasteiger partial charge is 0.350 e. The van der Waals surface area contributed by atoms with Crippen LogP contribution in [-0.2, 0) is 20.7 Å². The van der Waals surface area contributed by atoms with Gasteiger partial charge >= 0.3 is 11.9 Å². The molecule has 1 aromatic carbocycles. The normalized spacial score (nSPS) is 22.1. The summed E-state index contributed by atoms with van der Waals surface area (Å²) in [5.41, 5.74) is -0.228. The van der Waals surface area contributed by atoms with Crippen LogP contribution in [0.3, 0.4) is 0 Å². The minimum Gasteiger partial charge on any atom is -0.466 e. The highest BCUT2D eigenvalue weighted by Gasteiger charge is 2.44. The van der Waals surface area contributed by atoms with E-state index in [1.165, 1.54) is 20.1 Å². The Bertz CT molecular complexity index is 543. The van der Waals surface area contributed by atoms with Crippen molar-refractivity contribution in [1.82, 2.24) is 0 Å². The van der Waals surface area contributed by atoms with Gasteiger partial charge in [-0.1, -0.05) is 27.5 Å². The Labute approximate surface area is 117 Å². The van der Waals surface area contributed by atoms with Crippen LogP contribution in [0, 0.1) is 0 Å². The van der Waals surface area contributed by atoms with Gasteiger partial charge in [-0.25, -0.2) is 9.59 Å². The predicted octanol–water partition coefficient (Wildman–Crippen LogP) is 2.75. The molecular formula is C12H10BrClO4. The standard InChI is InChI=1S/C12H10BrClO4/c1-12(11(16)17-2)5-8-7(10(15)18-12)3-6(14)4-9(8)13/h3-4H,5H2,1-2H3. The quantitative estimate of drug-likeness (QED) is 0.742. The molecule has 1 atom stereocenters. The average Bonchev–Trinajstić information content (AvgIpc) is 2.30. The number of fused-ring (bicyclic) bond motifs is 1. The molecule has 0 spiro atoms. The molecule has 0 radical (unpaired) electrons. The summed E-state index contributed by atoms with van der Waals surface area (Å²) in [4.78, 5) is 23.6. The number of methoxy groups -OCH3 is 1. The first-order valence-corrected chi connectivity index (χ1v) is 6.34. The summed E-state index contributed by atoms with van der Waals surface area (Å²) in [6, 6.07) is 3.21. The Balaban J connectivity index is 2.52. The molecule has 18 heavy (non-hydrogen) atoms. The van der Waals surface area contributed by atoms with E-state index in [0.29, 0.717) is 20.6 Å². The lowest BCUT2D eigenvalue weighted by Gasteiger charge is -2.32. The van der Waals surface area contributed by atoms with E-state index < -0.39 is 17.5 Å². The van der Waals surface area contributed by atoms with E-state index in [9.17, 15) is 9.59 Å². The second kappa shape index (κ2) is 4.55. The van der Waals surface area contributed by atoms with Gasteiger partial charge in [0.2, 0.25) is 5.60 Å². The lowest BCUT2D eigenvalue weighted by atomic mass is 9.90. The molecule has 1 heterocycles. The number of hydrogen-bond acceptors (Lipinski definition) is 4. The first kappa shape index (κ1) is 13.4. The maximum Gasteiger partial charge on any atom is 0.350 e. The number of carbonyl (C=O) groups excluding carboxylic acids is 2. The van der Waals surface area contributed by atoms with Crippen molar-refractivity contribution in [3.8, 4) is 0 Å². The number of halogens is 2. The summed E-state index contributed by atoms with van der Waals surface area (Å²) in [5.74, 6) is -1.16. The molecule has 0 aliphatic carbocycles. The van der Waals surface area contributed by atoms with Crippen LogP contribution >= 0.6 is 27.5 Å². The maximum absolute atomic E-state index is 11.9. The SMILES string of the molecule is COC(=O)C1(C)Cc2c(Br)cc(Cl)cc2C(=O)O1. The van der Waals surface area contributed by atoms with Gasteiger partial charge in [0.05, 0.1) is 12.7 Å². The van der Waals surface area contributed by atoms with Gasteiger partial charge in [0.1, 0.15) is 0 Å². The van der Waals surface area contributed by atoms with Crippen molar-refractivity contribution in [3.63, 3.8) is 0 Å². The summed E-state index contributed by atoms with van der Waals surface area (Å²) in [6.07, 6.45) is 0.249. The van der Waals surface area contributed by atoms with Gasteiger partial charge in [-0.3, -0.25) is 0 Å². The van der Waals surface area contributed by atoms with Gasteiger partial charge in [0.25, 0.3) is 0 Å². The van der Waals surface area contributed by atoms with Crippen molar-refractivity contribution >= 4 is 39.5 Å². The number of esters is 2. The summed E-state index contributed by atoms with van der Waals surface area (Å²) in [5, 5.41) is 0.430. The molecule has 1 aromatic rings. The topological polar surface area (TPSA) is 52.6 Å². The number of benzene rings is 1. The average molecular weight is 334 g/mol. The minimum absolute atomic E-state index is 0.249. The fourth-order valence-electron chi connectivity index (χ4n) is 1.93. The van der Waals surface area contributed by atoms with E-state index in [1.54, 1.807) is 6.07 Å². The summed E-state index contributed by atoms with van der Waals surface area (Å²) < 4.78 is 10.5. The van der Waals surface area contributed by atoms with Crippen LogP contribution in [-0.4, -0.2) is 24.6 Å². The van der Waals surface area contributed by atoms with E-state index in [0.717, 1.165) is 0 Å². The third-order valence-corrected chi connectivity index (χ3v) is 3.76. The van der Waals surface area contributed by atoms with Gasteiger partial charge in [-0.2, -0.15) is 0 Å². The van der Waals surface area contributed by atoms with Gasteiger partial charge < -0.3 is 9.47 Å². The van der Waals surface area contributed by atoms with Crippen LogP contribution in [0.25, 0.3) is 0 Å². The van der Waals surface area contributed by atoms with Crippen LogP contribution in [0.1, 0.15) is 22.8 Å². The number of rotatable bonds is 1. The molecule has 96 valence electrons. The summed E-state index contributed by atoms with van der Waals surface area (Å²) in [6.45, 7) is 1.53. The monoisotopic (exact) mass is 332 g/mol. The predicted molar refractivity (Wildman–Crippen MR) is 68.7 cm³/mol. The molecule has 0 saturated carbocycles. The summed E-state index contributed by atoms with van der Waals surface area (Å²) >= 11 is 9.22. The molecule has 0 fully saturated rings. The molecule has 0 aromatic heterocycles. The van der Waals surface area contributed by atoms with E-state index >= 15 is 0 Å². The molecule has 0 bridgehead atoms. The molecule has 1 aliphatic heterocycles. The second-order valence-electron chi connectivity index (χ2n) is 4.20. The Hall–Kier alpha value is -1.07. The van der Waals surface area contributed by atoms with E-state index in [-0.39, 0.29) is 6.42 Å². The van der Waals surface area contributed by atoms with E-state index in [2.05, 4.69) is 20.7 Å². The zero-order valence-electron chi connectivity index (χ0n) is 9.75. The van der Waals surface area contributed by atoms with E-state index in [4.69, 9.17) is 16.3 Å². The van der Waals surface area contributed by atoms with Crippen LogP contribution in [0.2, 0.25) is 5.02 Å². The Morgan fingerprint density at radius 1 is 1.56 bits per heavy atom. The highest BCUT2D eigenvalue weighted by atomic mass is 79.9. The van der Waals surface area contributed by atoms with Crippen molar-refractivity contribution in [2.24, 2.45) is 0 Å². The highest BCUT2D eigenvalue weighted by Crippen LogP contribution is 2.35. The van der Waals surface area contributed by atoms with Crippen molar-refractivity contribution < 1.29 is 19.1 Å². The number of cyclic esters (lactones) is 1. The number of ether oxygens (including phenoxy) is 2. The van der Waals surface area contributed by atoms with Gasteiger partial charge in [-0.15, -0.1) is 0 Å². The first-order chi connectivity index (χ1) is 8.37. The van der Waals surface area contributed by atoms with Crippen molar-refractivity contribution in [3.05, 3.63) is 32.8 Å². The van der Waals surface area contributed by atoms with E-state index in [1.807, 2.05) is 0 Å². The number of carbonyl (C=O) groups is 2. The fraction of sp³-hybridized carbons (Fsp3) is 0.333. The molecule has 2 rings (SSSR count). The lowest BCUT2D eigenvalue weighted by Crippen LogP contribution is -2.46. The Morgan fingerprint density at radius 3 is 2.83 bits per heavy atom. The van der Waals surface area contributed by atoms with Gasteiger partial charge in [0.15, 0.2) is 0 Å². The maximum atomic E-state index is 11.9. The van der Waals surface area contributed by atoms with Gasteiger partial charge in [0, 0.05) is 15.9 Å². The highest BCUT2D eigenvalue weighted by molar-refractivity contribution is 9.10. The van der Waals surface area contributed by atoms with Crippen molar-refractivity contribution in [2.75, 3.05) is 7.11 Å². The summed E-state index contributed by atoms with van der Waals surface area (Å²) in [7, 11) is 1.26. The minimum atomic E-state index is -1.30. The number of hydrogen-bond donors (Lipinski definition) is 0. The molecule has 6 heteroatoms. The third kappa shape index (κ3) is 2.12. The largest absolute Gasteiger partial charge is 0.466 e. The van der Waals surface area contributed by atoms with Crippen LogP contribution in [0.15, 0.2) is 16.6 Å². The second-order valence-corrected chi connectivity index (χ2v) is 5.49. The van der Waals surface area contributed by atoms with Crippen LogP contribution < -0.4 is 0 Å². The van der Waals surface area contributed by atoms with Crippen LogP contribution in [0.4, 0.5) is 0 Å². The van der Waals surface area contributed by atoms with Crippen molar-refractivity contribution in [1.29, 1.82) is 0 Å². The van der Waals surface area contributed by atoms with Crippen LogP contribution in [0.5, 0.6) is 0 Å². The lowest BCUT2D eigenvalue weighted by molar-refractivity contribution is -0.161. The zero-order valence-corrected chi connectivity index (χ0v) is 12.1. The molecular weight excluding hydrogens is 323 g/mol. The zero-order chi connectivity index (χ0) is 13.5.